The molecule has 2 bridgehead atoms. The number of amides is 1. The predicted octanol–water partition coefficient (Wildman–Crippen LogP) is 5.34. The third kappa shape index (κ3) is 4.67. The average Bonchev–Trinajstić information content (AvgIpc) is 3.13. The molecule has 1 aromatic heterocycles. The Hall–Kier alpha value is -1.86. The van der Waals surface area contributed by atoms with Crippen LogP contribution in [0.5, 0.6) is 0 Å². The van der Waals surface area contributed by atoms with Crippen molar-refractivity contribution in [2.45, 2.75) is 59.4 Å². The van der Waals surface area contributed by atoms with Crippen molar-refractivity contribution in [2.24, 2.45) is 10.8 Å². The molecule has 1 saturated heterocycles. The molecule has 2 atom stereocenters. The lowest BCUT2D eigenvalue weighted by molar-refractivity contribution is -0.116. The Morgan fingerprint density at radius 2 is 2.06 bits per heavy atom. The van der Waals surface area contributed by atoms with E-state index in [1.165, 1.54) is 19.3 Å². The normalized spacial score (nSPS) is 25.0. The minimum Gasteiger partial charge on any atom is -0.461 e. The maximum absolute atomic E-state index is 12.9. The molecular weight excluding hydrogens is 458 g/mol. The van der Waals surface area contributed by atoms with Crippen LogP contribution in [0.3, 0.4) is 0 Å². The summed E-state index contributed by atoms with van der Waals surface area (Å²) in [5.74, 6) is -0.550. The summed E-state index contributed by atoms with van der Waals surface area (Å²) in [7, 11) is 0. The molecule has 4 rings (SSSR count). The van der Waals surface area contributed by atoms with Gasteiger partial charge in [-0.2, -0.15) is 0 Å². The molecule has 7 heteroatoms. The van der Waals surface area contributed by atoms with Crippen molar-refractivity contribution in [1.82, 2.24) is 9.88 Å². The minimum absolute atomic E-state index is 0.0858. The SMILES string of the molecule is CCOC(=O)c1[nH]c2ccc(Br)cc2c1NC(=O)CCN1C[C@]2(C)C[C@@H]1CC(C)(C)C2. The summed E-state index contributed by atoms with van der Waals surface area (Å²) in [6.45, 7) is 10.9. The number of esters is 1. The Labute approximate surface area is 192 Å². The van der Waals surface area contributed by atoms with Crippen molar-refractivity contribution in [3.63, 3.8) is 0 Å². The van der Waals surface area contributed by atoms with Crippen LogP contribution in [0.4, 0.5) is 5.69 Å². The number of ether oxygens (including phenoxy) is 1. The van der Waals surface area contributed by atoms with E-state index < -0.39 is 5.97 Å². The van der Waals surface area contributed by atoms with Crippen molar-refractivity contribution in [2.75, 3.05) is 25.0 Å². The summed E-state index contributed by atoms with van der Waals surface area (Å²) in [5, 5.41) is 3.78. The van der Waals surface area contributed by atoms with Crippen LogP contribution < -0.4 is 5.32 Å². The number of halogens is 1. The van der Waals surface area contributed by atoms with Gasteiger partial charge in [0.25, 0.3) is 0 Å². The van der Waals surface area contributed by atoms with Crippen LogP contribution >= 0.6 is 15.9 Å². The van der Waals surface area contributed by atoms with E-state index in [2.05, 4.69) is 51.9 Å². The van der Waals surface area contributed by atoms with Crippen molar-refractivity contribution in [1.29, 1.82) is 0 Å². The van der Waals surface area contributed by atoms with Crippen LogP contribution in [-0.4, -0.2) is 47.5 Å². The van der Waals surface area contributed by atoms with Gasteiger partial charge in [-0.05, 0) is 55.2 Å². The highest BCUT2D eigenvalue weighted by Gasteiger charge is 2.49. The van der Waals surface area contributed by atoms with Gasteiger partial charge in [0.05, 0.1) is 12.3 Å². The molecule has 6 nitrogen and oxygen atoms in total. The second-order valence-electron chi connectivity index (χ2n) is 10.3. The Morgan fingerprint density at radius 1 is 1.29 bits per heavy atom. The third-order valence-electron chi connectivity index (χ3n) is 6.65. The molecule has 168 valence electrons. The Kier molecular flexibility index (Phi) is 5.94. The first kappa shape index (κ1) is 22.3. The lowest BCUT2D eigenvalue weighted by atomic mass is 9.65. The summed E-state index contributed by atoms with van der Waals surface area (Å²) < 4.78 is 6.07. The van der Waals surface area contributed by atoms with E-state index in [1.54, 1.807) is 6.92 Å². The molecule has 1 aliphatic heterocycles. The summed E-state index contributed by atoms with van der Waals surface area (Å²) in [4.78, 5) is 31.0. The predicted molar refractivity (Wildman–Crippen MR) is 126 cm³/mol. The van der Waals surface area contributed by atoms with E-state index >= 15 is 0 Å². The number of hydrogen-bond donors (Lipinski definition) is 2. The van der Waals surface area contributed by atoms with Gasteiger partial charge in [0.1, 0.15) is 5.69 Å². The fourth-order valence-corrected chi connectivity index (χ4v) is 6.30. The van der Waals surface area contributed by atoms with Gasteiger partial charge in [0.15, 0.2) is 0 Å². The van der Waals surface area contributed by atoms with Gasteiger partial charge in [-0.15, -0.1) is 0 Å². The number of rotatable bonds is 6. The number of hydrogen-bond acceptors (Lipinski definition) is 4. The largest absolute Gasteiger partial charge is 0.461 e. The fraction of sp³-hybridized carbons (Fsp3) is 0.583. The fourth-order valence-electron chi connectivity index (χ4n) is 5.94. The van der Waals surface area contributed by atoms with Gasteiger partial charge >= 0.3 is 5.97 Å². The number of nitrogens with zero attached hydrogens (tertiary/aromatic N) is 1. The number of carbonyl (C=O) groups is 2. The number of aromatic nitrogens is 1. The molecule has 2 N–H and O–H groups in total. The van der Waals surface area contributed by atoms with Gasteiger partial charge < -0.3 is 15.0 Å². The first-order chi connectivity index (χ1) is 14.6. The van der Waals surface area contributed by atoms with E-state index in [4.69, 9.17) is 4.74 Å². The summed E-state index contributed by atoms with van der Waals surface area (Å²) >= 11 is 3.48. The van der Waals surface area contributed by atoms with Gasteiger partial charge in [-0.1, -0.05) is 36.7 Å². The highest BCUT2D eigenvalue weighted by atomic mass is 79.9. The molecular formula is C24H32BrN3O3. The third-order valence-corrected chi connectivity index (χ3v) is 7.15. The first-order valence-corrected chi connectivity index (χ1v) is 11.9. The smallest absolute Gasteiger partial charge is 0.356 e. The number of fused-ring (bicyclic) bond motifs is 3. The van der Waals surface area contributed by atoms with Crippen LogP contribution in [0.25, 0.3) is 10.9 Å². The van der Waals surface area contributed by atoms with Crippen LogP contribution in [0.2, 0.25) is 0 Å². The molecule has 1 aromatic carbocycles. The molecule has 2 fully saturated rings. The van der Waals surface area contributed by atoms with E-state index in [9.17, 15) is 9.59 Å². The second-order valence-corrected chi connectivity index (χ2v) is 11.2. The monoisotopic (exact) mass is 489 g/mol. The lowest BCUT2D eigenvalue weighted by Crippen LogP contribution is -2.35. The zero-order valence-corrected chi connectivity index (χ0v) is 20.4. The molecule has 1 amide bonds. The standard InChI is InChI=1S/C24H32BrN3O3/c1-5-31-22(30)21-20(17-10-15(25)6-7-18(17)26-21)27-19(29)8-9-28-14-24(4)12-16(28)11-23(2,3)13-24/h6-7,10,16,26H,5,8-9,11-14H2,1-4H3,(H,27,29)/t16-,24+/m0/s1. The van der Waals surface area contributed by atoms with E-state index in [0.717, 1.165) is 28.5 Å². The maximum Gasteiger partial charge on any atom is 0.356 e. The minimum atomic E-state index is -0.464. The number of benzene rings is 1. The number of H-pyrrole nitrogens is 1. The Bertz CT molecular complexity index is 1010. The lowest BCUT2D eigenvalue weighted by Gasteiger charge is -2.39. The van der Waals surface area contributed by atoms with Crippen LogP contribution in [0.1, 0.15) is 63.9 Å². The van der Waals surface area contributed by atoms with Crippen LogP contribution in [0.15, 0.2) is 22.7 Å². The number of likely N-dealkylation sites (tertiary alicyclic amines) is 1. The van der Waals surface area contributed by atoms with Crippen molar-refractivity contribution in [3.8, 4) is 0 Å². The quantitative estimate of drug-likeness (QED) is 0.537. The first-order valence-electron chi connectivity index (χ1n) is 11.1. The van der Waals surface area contributed by atoms with E-state index in [0.29, 0.717) is 29.0 Å². The van der Waals surface area contributed by atoms with Gasteiger partial charge in [0, 0.05) is 40.9 Å². The van der Waals surface area contributed by atoms with Gasteiger partial charge in [0.2, 0.25) is 5.91 Å². The van der Waals surface area contributed by atoms with Gasteiger partial charge in [-0.25, -0.2) is 4.79 Å². The zero-order chi connectivity index (χ0) is 22.4. The topological polar surface area (TPSA) is 74.4 Å². The van der Waals surface area contributed by atoms with Crippen molar-refractivity contribution >= 4 is 44.4 Å². The van der Waals surface area contributed by atoms with Gasteiger partial charge in [-0.3, -0.25) is 9.69 Å². The summed E-state index contributed by atoms with van der Waals surface area (Å²) in [6.07, 6.45) is 4.05. The molecule has 31 heavy (non-hydrogen) atoms. The molecule has 2 heterocycles. The molecule has 1 saturated carbocycles. The molecule has 2 aliphatic rings. The number of nitrogens with one attached hydrogen (secondary N) is 2. The molecule has 0 spiro atoms. The van der Waals surface area contributed by atoms with E-state index in [-0.39, 0.29) is 18.2 Å². The number of carbonyl (C=O) groups excluding carboxylic acids is 2. The van der Waals surface area contributed by atoms with E-state index in [1.807, 2.05) is 18.2 Å². The molecule has 0 radical (unpaired) electrons. The zero-order valence-electron chi connectivity index (χ0n) is 18.8. The Balaban J connectivity index is 1.48. The van der Waals surface area contributed by atoms with Crippen LogP contribution in [0, 0.1) is 10.8 Å². The molecule has 1 aliphatic carbocycles. The molecule has 0 unspecified atom stereocenters. The van der Waals surface area contributed by atoms with Crippen molar-refractivity contribution < 1.29 is 14.3 Å². The highest BCUT2D eigenvalue weighted by molar-refractivity contribution is 9.10. The highest BCUT2D eigenvalue weighted by Crippen LogP contribution is 2.52. The van der Waals surface area contributed by atoms with Crippen molar-refractivity contribution in [3.05, 3.63) is 28.4 Å². The summed E-state index contributed by atoms with van der Waals surface area (Å²) in [6, 6.07) is 6.23. The molecule has 2 aromatic rings. The average molecular weight is 490 g/mol. The second kappa shape index (κ2) is 8.24. The summed E-state index contributed by atoms with van der Waals surface area (Å²) in [5.41, 5.74) is 2.27. The Morgan fingerprint density at radius 3 is 2.81 bits per heavy atom. The number of anilines is 1. The number of aromatic amines is 1. The maximum atomic E-state index is 12.9. The van der Waals surface area contributed by atoms with Crippen LogP contribution in [-0.2, 0) is 9.53 Å².